The molecule has 116 valence electrons. The third kappa shape index (κ3) is 2.45. The molecule has 21 heavy (non-hydrogen) atoms. The van der Waals surface area contributed by atoms with Crippen molar-refractivity contribution in [2.24, 2.45) is 17.8 Å². The summed E-state index contributed by atoms with van der Waals surface area (Å²) in [6, 6.07) is -1.22. The number of carboxylic acid groups (broad SMARTS) is 1. The lowest BCUT2D eigenvalue weighted by Gasteiger charge is -2.29. The molecule has 3 aliphatic rings. The normalized spacial score (nSPS) is 37.9. The topological polar surface area (TPSA) is 98.7 Å². The summed E-state index contributed by atoms with van der Waals surface area (Å²) in [4.78, 5) is 36.8. The maximum absolute atomic E-state index is 12.1. The van der Waals surface area contributed by atoms with E-state index in [2.05, 4.69) is 10.6 Å². The predicted molar refractivity (Wildman–Crippen MR) is 73.5 cm³/mol. The van der Waals surface area contributed by atoms with E-state index in [1.54, 1.807) is 11.9 Å². The third-order valence-electron chi connectivity index (χ3n) is 5.23. The molecule has 3 N–H and O–H groups in total. The van der Waals surface area contributed by atoms with Crippen molar-refractivity contribution in [1.29, 1.82) is 0 Å². The maximum Gasteiger partial charge on any atom is 0.315 e. The summed E-state index contributed by atoms with van der Waals surface area (Å²) in [6.45, 7) is 0.635. The first kappa shape index (κ1) is 14.2. The van der Waals surface area contributed by atoms with Gasteiger partial charge in [-0.15, -0.1) is 0 Å². The average Bonchev–Trinajstić information content (AvgIpc) is 3.09. The summed E-state index contributed by atoms with van der Waals surface area (Å²) in [5, 5.41) is 14.8. The number of nitrogens with zero attached hydrogens (tertiary/aromatic N) is 1. The molecule has 0 aromatic carbocycles. The van der Waals surface area contributed by atoms with Crippen LogP contribution >= 0.6 is 0 Å². The SMILES string of the molecule is CN1CCC(NC(=O)NC2C3CCC(C3)C2C(=O)O)C1=O. The first-order valence-corrected chi connectivity index (χ1v) is 7.52. The van der Waals surface area contributed by atoms with Crippen LogP contribution in [0.1, 0.15) is 25.7 Å². The van der Waals surface area contributed by atoms with E-state index >= 15 is 0 Å². The molecule has 2 saturated carbocycles. The van der Waals surface area contributed by atoms with Crippen LogP contribution in [0.2, 0.25) is 0 Å². The minimum absolute atomic E-state index is 0.0899. The van der Waals surface area contributed by atoms with Gasteiger partial charge in [0.1, 0.15) is 6.04 Å². The second kappa shape index (κ2) is 5.20. The number of amides is 3. The Balaban J connectivity index is 1.59. The molecule has 0 aromatic rings. The maximum atomic E-state index is 12.1. The van der Waals surface area contributed by atoms with Gasteiger partial charge in [-0.1, -0.05) is 0 Å². The van der Waals surface area contributed by atoms with Crippen LogP contribution in [0.15, 0.2) is 0 Å². The van der Waals surface area contributed by atoms with Crippen molar-refractivity contribution in [2.75, 3.05) is 13.6 Å². The van der Waals surface area contributed by atoms with Gasteiger partial charge in [0.15, 0.2) is 0 Å². The van der Waals surface area contributed by atoms with Crippen LogP contribution in [0.5, 0.6) is 0 Å². The highest BCUT2D eigenvalue weighted by molar-refractivity contribution is 5.88. The number of likely N-dealkylation sites (N-methyl/N-ethyl adjacent to an activating group) is 1. The molecule has 7 heteroatoms. The van der Waals surface area contributed by atoms with Gasteiger partial charge in [-0.05, 0) is 37.5 Å². The van der Waals surface area contributed by atoms with E-state index in [-0.39, 0.29) is 23.8 Å². The molecular weight excluding hydrogens is 274 g/mol. The zero-order chi connectivity index (χ0) is 15.1. The molecule has 1 heterocycles. The first-order chi connectivity index (χ1) is 9.97. The Hall–Kier alpha value is -1.79. The number of fused-ring (bicyclic) bond motifs is 2. The lowest BCUT2D eigenvalue weighted by molar-refractivity contribution is -0.144. The Kier molecular flexibility index (Phi) is 3.51. The molecule has 1 aliphatic heterocycles. The van der Waals surface area contributed by atoms with Crippen molar-refractivity contribution in [3.8, 4) is 0 Å². The molecule has 2 aliphatic carbocycles. The highest BCUT2D eigenvalue weighted by Gasteiger charge is 2.51. The fourth-order valence-corrected chi connectivity index (χ4v) is 4.16. The first-order valence-electron chi connectivity index (χ1n) is 7.52. The van der Waals surface area contributed by atoms with E-state index in [1.165, 1.54) is 0 Å². The molecule has 3 fully saturated rings. The molecule has 5 atom stereocenters. The number of aliphatic carboxylic acids is 1. The van der Waals surface area contributed by atoms with Gasteiger partial charge < -0.3 is 20.6 Å². The van der Waals surface area contributed by atoms with Gasteiger partial charge in [0.2, 0.25) is 5.91 Å². The van der Waals surface area contributed by atoms with E-state index in [4.69, 9.17) is 0 Å². The van der Waals surface area contributed by atoms with E-state index < -0.39 is 24.0 Å². The molecule has 0 aromatic heterocycles. The van der Waals surface area contributed by atoms with Crippen LogP contribution in [-0.2, 0) is 9.59 Å². The van der Waals surface area contributed by atoms with Crippen LogP contribution in [0.3, 0.4) is 0 Å². The summed E-state index contributed by atoms with van der Waals surface area (Å²) < 4.78 is 0. The predicted octanol–water partition coefficient (Wildman–Crippen LogP) is 0.0156. The number of urea groups is 1. The van der Waals surface area contributed by atoms with E-state index in [9.17, 15) is 19.5 Å². The van der Waals surface area contributed by atoms with Crippen molar-refractivity contribution in [3.05, 3.63) is 0 Å². The molecule has 0 radical (unpaired) electrons. The number of hydrogen-bond acceptors (Lipinski definition) is 3. The van der Waals surface area contributed by atoms with E-state index in [0.29, 0.717) is 13.0 Å². The Morgan fingerprint density at radius 1 is 1.19 bits per heavy atom. The van der Waals surface area contributed by atoms with Crippen molar-refractivity contribution in [2.45, 2.75) is 37.8 Å². The summed E-state index contributed by atoms with van der Waals surface area (Å²) >= 11 is 0. The van der Waals surface area contributed by atoms with E-state index in [0.717, 1.165) is 19.3 Å². The molecule has 3 rings (SSSR count). The quantitative estimate of drug-likeness (QED) is 0.683. The minimum Gasteiger partial charge on any atom is -0.481 e. The van der Waals surface area contributed by atoms with Gasteiger partial charge in [-0.2, -0.15) is 0 Å². The fourth-order valence-electron chi connectivity index (χ4n) is 4.16. The smallest absolute Gasteiger partial charge is 0.315 e. The standard InChI is InChI=1S/C14H21N3O4/c1-17-5-4-9(12(17)18)15-14(21)16-11-8-3-2-7(6-8)10(11)13(19)20/h7-11H,2-6H2,1H3,(H,19,20)(H2,15,16,21). The fraction of sp³-hybridized carbons (Fsp3) is 0.786. The van der Waals surface area contributed by atoms with Gasteiger partial charge in [0.05, 0.1) is 5.92 Å². The number of nitrogens with one attached hydrogen (secondary N) is 2. The molecule has 0 spiro atoms. The molecule has 7 nitrogen and oxygen atoms in total. The van der Waals surface area contributed by atoms with Gasteiger partial charge in [0, 0.05) is 19.6 Å². The highest BCUT2D eigenvalue weighted by atomic mass is 16.4. The minimum atomic E-state index is -0.829. The largest absolute Gasteiger partial charge is 0.481 e. The third-order valence-corrected chi connectivity index (χ3v) is 5.23. The molecule has 3 amide bonds. The van der Waals surface area contributed by atoms with Gasteiger partial charge in [-0.25, -0.2) is 4.79 Å². The lowest BCUT2D eigenvalue weighted by Crippen LogP contribution is -2.53. The van der Waals surface area contributed by atoms with Crippen LogP contribution in [0.4, 0.5) is 4.79 Å². The van der Waals surface area contributed by atoms with Crippen molar-refractivity contribution < 1.29 is 19.5 Å². The second-order valence-corrected chi connectivity index (χ2v) is 6.44. The number of carboxylic acids is 1. The molecule has 2 bridgehead atoms. The molecule has 1 saturated heterocycles. The van der Waals surface area contributed by atoms with Crippen LogP contribution in [0, 0.1) is 17.8 Å². The number of rotatable bonds is 3. The number of hydrogen-bond donors (Lipinski definition) is 3. The number of carbonyl (C=O) groups is 3. The van der Waals surface area contributed by atoms with Crippen LogP contribution in [-0.4, -0.2) is 53.6 Å². The summed E-state index contributed by atoms with van der Waals surface area (Å²) in [7, 11) is 1.71. The average molecular weight is 295 g/mol. The van der Waals surface area contributed by atoms with Crippen molar-refractivity contribution >= 4 is 17.9 Å². The Bertz CT molecular complexity index is 481. The van der Waals surface area contributed by atoms with Gasteiger partial charge >= 0.3 is 12.0 Å². The summed E-state index contributed by atoms with van der Waals surface area (Å²) in [5.41, 5.74) is 0. The zero-order valence-corrected chi connectivity index (χ0v) is 12.0. The van der Waals surface area contributed by atoms with E-state index in [1.807, 2.05) is 0 Å². The van der Waals surface area contributed by atoms with Crippen LogP contribution < -0.4 is 10.6 Å². The van der Waals surface area contributed by atoms with Crippen LogP contribution in [0.25, 0.3) is 0 Å². The van der Waals surface area contributed by atoms with Crippen molar-refractivity contribution in [1.82, 2.24) is 15.5 Å². The number of carbonyl (C=O) groups excluding carboxylic acids is 2. The summed E-state index contributed by atoms with van der Waals surface area (Å²) in [6.07, 6.45) is 3.40. The van der Waals surface area contributed by atoms with Gasteiger partial charge in [0.25, 0.3) is 0 Å². The Morgan fingerprint density at radius 3 is 2.52 bits per heavy atom. The molecule has 5 unspecified atom stereocenters. The Labute approximate surface area is 123 Å². The monoisotopic (exact) mass is 295 g/mol. The Morgan fingerprint density at radius 2 is 1.90 bits per heavy atom. The van der Waals surface area contributed by atoms with Crippen molar-refractivity contribution in [3.63, 3.8) is 0 Å². The number of likely N-dealkylation sites (tertiary alicyclic amines) is 1. The lowest BCUT2D eigenvalue weighted by atomic mass is 9.84. The van der Waals surface area contributed by atoms with Gasteiger partial charge in [-0.3, -0.25) is 9.59 Å². The highest BCUT2D eigenvalue weighted by Crippen LogP contribution is 2.48. The molecular formula is C14H21N3O4. The second-order valence-electron chi connectivity index (χ2n) is 6.44. The zero-order valence-electron chi connectivity index (χ0n) is 12.0. The summed E-state index contributed by atoms with van der Waals surface area (Å²) in [5.74, 6) is -0.977.